The highest BCUT2D eigenvalue weighted by atomic mass is 16.1. The summed E-state index contributed by atoms with van der Waals surface area (Å²) < 4.78 is 0. The Kier molecular flexibility index (Phi) is 3.12. The van der Waals surface area contributed by atoms with Crippen molar-refractivity contribution in [3.05, 3.63) is 42.1 Å². The van der Waals surface area contributed by atoms with Crippen LogP contribution in [0.2, 0.25) is 0 Å². The first-order valence-electron chi connectivity index (χ1n) is 5.10. The normalized spacial score (nSPS) is 10.3. The summed E-state index contributed by atoms with van der Waals surface area (Å²) in [6.45, 7) is 0.164. The standard InChI is InChI=1S/C12H13N3O/c13-8-15-11(16)7-10-4-1-3-9-5-2-6-14-12(9)10/h1-6H,7-8,13H2,(H,15,16). The molecule has 4 heteroatoms. The van der Waals surface area contributed by atoms with Crippen LogP contribution in [0.3, 0.4) is 0 Å². The lowest BCUT2D eigenvalue weighted by Crippen LogP contribution is -2.30. The Morgan fingerprint density at radius 2 is 2.12 bits per heavy atom. The smallest absolute Gasteiger partial charge is 0.225 e. The zero-order chi connectivity index (χ0) is 11.4. The third kappa shape index (κ3) is 2.17. The predicted octanol–water partition coefficient (Wildman–Crippen LogP) is 0.810. The van der Waals surface area contributed by atoms with Crippen molar-refractivity contribution in [2.75, 3.05) is 6.67 Å². The van der Waals surface area contributed by atoms with E-state index in [2.05, 4.69) is 10.3 Å². The molecule has 0 aliphatic heterocycles. The molecule has 0 spiro atoms. The number of nitrogens with zero attached hydrogens (tertiary/aromatic N) is 1. The van der Waals surface area contributed by atoms with E-state index in [1.54, 1.807) is 6.20 Å². The fraction of sp³-hybridized carbons (Fsp3) is 0.167. The van der Waals surface area contributed by atoms with Crippen LogP contribution in [0, 0.1) is 0 Å². The number of rotatable bonds is 3. The van der Waals surface area contributed by atoms with Crippen LogP contribution in [-0.4, -0.2) is 17.6 Å². The molecular formula is C12H13N3O. The molecule has 0 saturated heterocycles. The van der Waals surface area contributed by atoms with Crippen molar-refractivity contribution < 1.29 is 4.79 Å². The molecular weight excluding hydrogens is 202 g/mol. The first-order chi connectivity index (χ1) is 7.81. The van der Waals surface area contributed by atoms with Crippen LogP contribution in [0.4, 0.5) is 0 Å². The van der Waals surface area contributed by atoms with Gasteiger partial charge in [-0.2, -0.15) is 0 Å². The molecule has 0 aliphatic carbocycles. The van der Waals surface area contributed by atoms with E-state index < -0.39 is 0 Å². The Hall–Kier alpha value is -1.94. The second-order valence-corrected chi connectivity index (χ2v) is 3.47. The quantitative estimate of drug-likeness (QED) is 0.744. The molecule has 1 amide bonds. The van der Waals surface area contributed by atoms with E-state index in [-0.39, 0.29) is 12.6 Å². The van der Waals surface area contributed by atoms with Gasteiger partial charge in [-0.3, -0.25) is 9.78 Å². The number of nitrogens with one attached hydrogen (secondary N) is 1. The number of carbonyl (C=O) groups is 1. The van der Waals surface area contributed by atoms with Crippen molar-refractivity contribution in [1.82, 2.24) is 10.3 Å². The molecule has 82 valence electrons. The van der Waals surface area contributed by atoms with Crippen LogP contribution in [-0.2, 0) is 11.2 Å². The van der Waals surface area contributed by atoms with E-state index >= 15 is 0 Å². The summed E-state index contributed by atoms with van der Waals surface area (Å²) in [5.74, 6) is -0.0827. The number of carbonyl (C=O) groups excluding carboxylic acids is 1. The number of fused-ring (bicyclic) bond motifs is 1. The van der Waals surface area contributed by atoms with Crippen molar-refractivity contribution in [3.8, 4) is 0 Å². The fourth-order valence-electron chi connectivity index (χ4n) is 1.66. The average molecular weight is 215 g/mol. The van der Waals surface area contributed by atoms with Gasteiger partial charge in [0.1, 0.15) is 0 Å². The Labute approximate surface area is 93.5 Å². The van der Waals surface area contributed by atoms with E-state index in [1.165, 1.54) is 0 Å². The van der Waals surface area contributed by atoms with Crippen LogP contribution in [0.15, 0.2) is 36.5 Å². The third-order valence-corrected chi connectivity index (χ3v) is 2.37. The highest BCUT2D eigenvalue weighted by Crippen LogP contribution is 2.16. The lowest BCUT2D eigenvalue weighted by molar-refractivity contribution is -0.120. The average Bonchev–Trinajstić information content (AvgIpc) is 2.30. The molecule has 2 rings (SSSR count). The molecule has 0 radical (unpaired) electrons. The van der Waals surface area contributed by atoms with Crippen LogP contribution < -0.4 is 11.1 Å². The summed E-state index contributed by atoms with van der Waals surface area (Å²) in [4.78, 5) is 15.7. The van der Waals surface area contributed by atoms with Gasteiger partial charge in [-0.15, -0.1) is 0 Å². The number of benzene rings is 1. The molecule has 1 aromatic carbocycles. The summed E-state index contributed by atoms with van der Waals surface area (Å²) in [6, 6.07) is 9.67. The molecule has 0 bridgehead atoms. The Bertz CT molecular complexity index is 505. The SMILES string of the molecule is NCNC(=O)Cc1cccc2cccnc12. The van der Waals surface area contributed by atoms with Gasteiger partial charge in [-0.05, 0) is 11.6 Å². The maximum absolute atomic E-state index is 11.4. The Morgan fingerprint density at radius 1 is 1.31 bits per heavy atom. The van der Waals surface area contributed by atoms with E-state index in [9.17, 15) is 4.79 Å². The van der Waals surface area contributed by atoms with Crippen molar-refractivity contribution in [2.45, 2.75) is 6.42 Å². The molecule has 1 heterocycles. The number of hydrogen-bond donors (Lipinski definition) is 2. The number of para-hydroxylation sites is 1. The van der Waals surface area contributed by atoms with Gasteiger partial charge in [0.05, 0.1) is 18.6 Å². The number of aromatic nitrogens is 1. The minimum Gasteiger partial charge on any atom is -0.343 e. The van der Waals surface area contributed by atoms with E-state index in [1.807, 2.05) is 30.3 Å². The zero-order valence-electron chi connectivity index (χ0n) is 8.81. The number of hydrogen-bond acceptors (Lipinski definition) is 3. The fourth-order valence-corrected chi connectivity index (χ4v) is 1.66. The lowest BCUT2D eigenvalue weighted by atomic mass is 10.1. The second kappa shape index (κ2) is 4.72. The number of pyridine rings is 1. The second-order valence-electron chi connectivity index (χ2n) is 3.47. The summed E-state index contributed by atoms with van der Waals surface area (Å²) in [5.41, 5.74) is 7.04. The largest absolute Gasteiger partial charge is 0.343 e. The molecule has 0 atom stereocenters. The molecule has 16 heavy (non-hydrogen) atoms. The van der Waals surface area contributed by atoms with Crippen LogP contribution >= 0.6 is 0 Å². The van der Waals surface area contributed by atoms with Gasteiger partial charge in [0.25, 0.3) is 0 Å². The monoisotopic (exact) mass is 215 g/mol. The minimum atomic E-state index is -0.0827. The van der Waals surface area contributed by atoms with Gasteiger partial charge in [-0.1, -0.05) is 24.3 Å². The first kappa shape index (κ1) is 10.6. The highest BCUT2D eigenvalue weighted by Gasteiger charge is 2.06. The van der Waals surface area contributed by atoms with E-state index in [4.69, 9.17) is 5.73 Å². The van der Waals surface area contributed by atoms with Crippen molar-refractivity contribution in [2.24, 2.45) is 5.73 Å². The predicted molar refractivity (Wildman–Crippen MR) is 62.6 cm³/mol. The topological polar surface area (TPSA) is 68.0 Å². The van der Waals surface area contributed by atoms with Gasteiger partial charge in [0.15, 0.2) is 0 Å². The third-order valence-electron chi connectivity index (χ3n) is 2.37. The van der Waals surface area contributed by atoms with Crippen LogP contribution in [0.5, 0.6) is 0 Å². The summed E-state index contributed by atoms with van der Waals surface area (Å²) in [6.07, 6.45) is 2.04. The lowest BCUT2D eigenvalue weighted by Gasteiger charge is -2.05. The van der Waals surface area contributed by atoms with E-state index in [0.717, 1.165) is 16.5 Å². The van der Waals surface area contributed by atoms with Crippen molar-refractivity contribution in [1.29, 1.82) is 0 Å². The maximum Gasteiger partial charge on any atom is 0.225 e. The first-order valence-corrected chi connectivity index (χ1v) is 5.10. The van der Waals surface area contributed by atoms with Gasteiger partial charge >= 0.3 is 0 Å². The van der Waals surface area contributed by atoms with Gasteiger partial charge < -0.3 is 11.1 Å². The Morgan fingerprint density at radius 3 is 2.94 bits per heavy atom. The van der Waals surface area contributed by atoms with Crippen LogP contribution in [0.25, 0.3) is 10.9 Å². The van der Waals surface area contributed by atoms with Gasteiger partial charge in [0, 0.05) is 11.6 Å². The number of nitrogens with two attached hydrogens (primary N) is 1. The molecule has 0 aliphatic rings. The van der Waals surface area contributed by atoms with Gasteiger partial charge in [-0.25, -0.2) is 0 Å². The van der Waals surface area contributed by atoms with Crippen LogP contribution in [0.1, 0.15) is 5.56 Å². The molecule has 0 unspecified atom stereocenters. The minimum absolute atomic E-state index is 0.0827. The summed E-state index contributed by atoms with van der Waals surface area (Å²) >= 11 is 0. The molecule has 1 aromatic heterocycles. The molecule has 4 nitrogen and oxygen atoms in total. The van der Waals surface area contributed by atoms with E-state index in [0.29, 0.717) is 6.42 Å². The summed E-state index contributed by atoms with van der Waals surface area (Å²) in [7, 11) is 0. The van der Waals surface area contributed by atoms with Crippen molar-refractivity contribution in [3.63, 3.8) is 0 Å². The summed E-state index contributed by atoms with van der Waals surface area (Å²) in [5, 5.41) is 3.61. The molecule has 0 fully saturated rings. The molecule has 3 N–H and O–H groups in total. The Balaban J connectivity index is 2.33. The zero-order valence-corrected chi connectivity index (χ0v) is 8.81. The maximum atomic E-state index is 11.4. The molecule has 0 saturated carbocycles. The molecule has 2 aromatic rings. The van der Waals surface area contributed by atoms with Gasteiger partial charge in [0.2, 0.25) is 5.91 Å². The highest BCUT2D eigenvalue weighted by molar-refractivity contribution is 5.87. The van der Waals surface area contributed by atoms with Crippen molar-refractivity contribution >= 4 is 16.8 Å². The number of amides is 1.